The van der Waals surface area contributed by atoms with Crippen molar-refractivity contribution in [3.05, 3.63) is 108 Å². The summed E-state index contributed by atoms with van der Waals surface area (Å²) in [5, 5.41) is 3.44. The lowest BCUT2D eigenvalue weighted by molar-refractivity contribution is 0.355. The molecule has 0 spiro atoms. The first-order valence-corrected chi connectivity index (χ1v) is 13.2. The summed E-state index contributed by atoms with van der Waals surface area (Å²) >= 11 is 0. The smallest absolute Gasteiger partial charge is 0.161 e. The Hall–Kier alpha value is -4.85. The maximum absolute atomic E-state index is 15.3. The number of nitrogen functional groups attached to an aromatic ring is 1. The van der Waals surface area contributed by atoms with Crippen molar-refractivity contribution in [2.45, 2.75) is 27.2 Å². The van der Waals surface area contributed by atoms with Crippen LogP contribution in [-0.4, -0.2) is 19.2 Å². The van der Waals surface area contributed by atoms with Crippen LogP contribution >= 0.6 is 0 Å². The molecule has 8 heteroatoms. The first-order valence-electron chi connectivity index (χ1n) is 13.2. The number of hydrogen-bond donors (Lipinski definition) is 2. The molecule has 0 amide bonds. The van der Waals surface area contributed by atoms with Crippen molar-refractivity contribution in [1.29, 1.82) is 0 Å². The molecular formula is C33H34F2N4O2. The molecule has 3 aromatic carbocycles. The molecule has 0 unspecified atom stereocenters. The largest absolute Gasteiger partial charge is 0.493 e. The topological polar surface area (TPSA) is 72.6 Å². The Kier molecular flexibility index (Phi) is 9.24. The van der Waals surface area contributed by atoms with E-state index in [1.54, 1.807) is 51.7 Å². The molecule has 1 aromatic heterocycles. The van der Waals surface area contributed by atoms with E-state index in [0.717, 1.165) is 29.2 Å². The molecule has 4 aromatic rings. The number of allylic oxidation sites excluding steroid dienone is 2. The predicted molar refractivity (Wildman–Crippen MR) is 163 cm³/mol. The van der Waals surface area contributed by atoms with Crippen molar-refractivity contribution >= 4 is 17.1 Å². The van der Waals surface area contributed by atoms with Gasteiger partial charge >= 0.3 is 0 Å². The summed E-state index contributed by atoms with van der Waals surface area (Å²) in [6, 6.07) is 19.6. The molecular weight excluding hydrogens is 522 g/mol. The van der Waals surface area contributed by atoms with Crippen LogP contribution in [0.3, 0.4) is 0 Å². The first-order chi connectivity index (χ1) is 19.7. The van der Waals surface area contributed by atoms with Crippen LogP contribution in [0.15, 0.2) is 91.0 Å². The SMILES string of the molecule is CCc1ccc(/C(C)=C/N/C=C(\C)N(F)c2ccc(-c3cc(-c4ccc(OC)c(OC)c4)cnc3N)c(F)c2)cc1. The van der Waals surface area contributed by atoms with E-state index in [-0.39, 0.29) is 22.8 Å². The number of rotatable bonds is 10. The van der Waals surface area contributed by atoms with Gasteiger partial charge in [0, 0.05) is 41.4 Å². The molecule has 0 aliphatic carbocycles. The number of hydrogen-bond acceptors (Lipinski definition) is 6. The molecule has 0 bridgehead atoms. The fourth-order valence-corrected chi connectivity index (χ4v) is 4.34. The maximum atomic E-state index is 15.3. The van der Waals surface area contributed by atoms with E-state index in [0.29, 0.717) is 27.7 Å². The maximum Gasteiger partial charge on any atom is 0.161 e. The summed E-state index contributed by atoms with van der Waals surface area (Å²) in [6.45, 7) is 5.67. The fourth-order valence-electron chi connectivity index (χ4n) is 4.34. The Morgan fingerprint density at radius 3 is 2.29 bits per heavy atom. The van der Waals surface area contributed by atoms with Crippen LogP contribution in [0.5, 0.6) is 11.5 Å². The highest BCUT2D eigenvalue weighted by Gasteiger charge is 2.16. The number of methoxy groups -OCH3 is 2. The van der Waals surface area contributed by atoms with Gasteiger partial charge < -0.3 is 20.5 Å². The number of nitrogens with two attached hydrogens (primary N) is 1. The third-order valence-electron chi connectivity index (χ3n) is 6.82. The molecule has 0 saturated carbocycles. The number of aromatic nitrogens is 1. The van der Waals surface area contributed by atoms with Gasteiger partial charge in [-0.2, -0.15) is 5.12 Å². The summed E-state index contributed by atoms with van der Waals surface area (Å²) in [6.07, 6.45) is 5.90. The highest BCUT2D eigenvalue weighted by molar-refractivity contribution is 5.81. The zero-order chi connectivity index (χ0) is 29.5. The Labute approximate surface area is 239 Å². The van der Waals surface area contributed by atoms with Gasteiger partial charge in [0.25, 0.3) is 0 Å². The van der Waals surface area contributed by atoms with Crippen LogP contribution in [0.1, 0.15) is 31.9 Å². The second-order valence-electron chi connectivity index (χ2n) is 9.50. The van der Waals surface area contributed by atoms with Gasteiger partial charge in [0.15, 0.2) is 11.5 Å². The fraction of sp³-hybridized carbons (Fsp3) is 0.182. The Balaban J connectivity index is 1.53. The second-order valence-corrected chi connectivity index (χ2v) is 9.50. The van der Waals surface area contributed by atoms with Gasteiger partial charge in [0.1, 0.15) is 11.6 Å². The van der Waals surface area contributed by atoms with Crippen LogP contribution in [0.4, 0.5) is 20.4 Å². The van der Waals surface area contributed by atoms with Crippen molar-refractivity contribution in [1.82, 2.24) is 10.3 Å². The van der Waals surface area contributed by atoms with Crippen molar-refractivity contribution < 1.29 is 18.3 Å². The average Bonchev–Trinajstić information content (AvgIpc) is 3.00. The van der Waals surface area contributed by atoms with E-state index in [4.69, 9.17) is 15.2 Å². The minimum absolute atomic E-state index is 0.0419. The molecule has 0 saturated heterocycles. The van der Waals surface area contributed by atoms with E-state index < -0.39 is 5.82 Å². The first kappa shape index (κ1) is 29.1. The van der Waals surface area contributed by atoms with Crippen LogP contribution < -0.4 is 25.6 Å². The minimum atomic E-state index is -0.630. The van der Waals surface area contributed by atoms with Gasteiger partial charge in [-0.25, -0.2) is 9.37 Å². The third kappa shape index (κ3) is 6.66. The van der Waals surface area contributed by atoms with E-state index in [1.807, 2.05) is 13.0 Å². The van der Waals surface area contributed by atoms with E-state index in [1.165, 1.54) is 23.9 Å². The molecule has 0 fully saturated rings. The Bertz CT molecular complexity index is 1580. The molecule has 0 radical (unpaired) electrons. The quantitative estimate of drug-likeness (QED) is 0.193. The molecule has 3 N–H and O–H groups in total. The number of halogens is 2. The van der Waals surface area contributed by atoms with Crippen molar-refractivity contribution in [2.24, 2.45) is 0 Å². The van der Waals surface area contributed by atoms with Crippen LogP contribution in [0.25, 0.3) is 27.8 Å². The summed E-state index contributed by atoms with van der Waals surface area (Å²) in [4.78, 5) is 4.27. The van der Waals surface area contributed by atoms with E-state index >= 15 is 8.87 Å². The van der Waals surface area contributed by atoms with Gasteiger partial charge in [-0.15, -0.1) is 0 Å². The van der Waals surface area contributed by atoms with Crippen LogP contribution in [0.2, 0.25) is 0 Å². The standard InChI is InChI=1S/C33H34F2N4O2/c1-6-23-7-9-24(10-8-23)21(2)18-37-19-22(3)39(35)27-12-13-28(30(34)17-27)29-15-26(20-38-33(29)36)25-11-14-31(40-4)32(16-25)41-5/h7-20,37H,6H2,1-5H3,(H2,36,38)/b21-18+,22-19+. The summed E-state index contributed by atoms with van der Waals surface area (Å²) < 4.78 is 41.2. The van der Waals surface area contributed by atoms with E-state index in [2.05, 4.69) is 41.5 Å². The number of ether oxygens (including phenoxy) is 2. The van der Waals surface area contributed by atoms with Crippen molar-refractivity contribution in [3.8, 4) is 33.8 Å². The minimum Gasteiger partial charge on any atom is -0.493 e. The molecule has 1 heterocycles. The van der Waals surface area contributed by atoms with Gasteiger partial charge in [0.05, 0.1) is 25.6 Å². The number of anilines is 2. The lowest BCUT2D eigenvalue weighted by Gasteiger charge is -2.16. The lowest BCUT2D eigenvalue weighted by Crippen LogP contribution is -2.12. The number of pyridine rings is 1. The van der Waals surface area contributed by atoms with Gasteiger partial charge in [0.2, 0.25) is 0 Å². The van der Waals surface area contributed by atoms with Crippen LogP contribution in [-0.2, 0) is 6.42 Å². The zero-order valence-electron chi connectivity index (χ0n) is 23.8. The second kappa shape index (κ2) is 13.0. The van der Waals surface area contributed by atoms with E-state index in [9.17, 15) is 0 Å². The number of nitrogens with zero attached hydrogens (tertiary/aromatic N) is 2. The monoisotopic (exact) mass is 556 g/mol. The average molecular weight is 557 g/mol. The lowest BCUT2D eigenvalue weighted by atomic mass is 10.00. The van der Waals surface area contributed by atoms with Gasteiger partial charge in [-0.05, 0) is 72.9 Å². The molecule has 0 aliphatic rings. The molecule has 6 nitrogen and oxygen atoms in total. The summed E-state index contributed by atoms with van der Waals surface area (Å²) in [7, 11) is 3.11. The summed E-state index contributed by atoms with van der Waals surface area (Å²) in [5.41, 5.74) is 11.9. The third-order valence-corrected chi connectivity index (χ3v) is 6.82. The van der Waals surface area contributed by atoms with Crippen molar-refractivity contribution in [2.75, 3.05) is 25.1 Å². The van der Waals surface area contributed by atoms with Crippen molar-refractivity contribution in [3.63, 3.8) is 0 Å². The molecule has 0 aliphatic heterocycles. The zero-order valence-corrected chi connectivity index (χ0v) is 23.8. The molecule has 41 heavy (non-hydrogen) atoms. The highest BCUT2D eigenvalue weighted by atomic mass is 19.2. The van der Waals surface area contributed by atoms with Gasteiger partial charge in [-0.3, -0.25) is 0 Å². The number of aryl methyl sites for hydroxylation is 1. The van der Waals surface area contributed by atoms with Gasteiger partial charge in [-0.1, -0.05) is 41.7 Å². The highest BCUT2D eigenvalue weighted by Crippen LogP contribution is 2.36. The molecule has 4 rings (SSSR count). The number of benzene rings is 3. The molecule has 0 atom stereocenters. The Morgan fingerprint density at radius 1 is 0.902 bits per heavy atom. The predicted octanol–water partition coefficient (Wildman–Crippen LogP) is 7.92. The summed E-state index contributed by atoms with van der Waals surface area (Å²) in [5.74, 6) is 0.667. The Morgan fingerprint density at radius 2 is 1.63 bits per heavy atom. The number of nitrogens with one attached hydrogen (secondary N) is 1. The normalized spacial score (nSPS) is 11.8. The van der Waals surface area contributed by atoms with Crippen LogP contribution in [0, 0.1) is 5.82 Å². The molecule has 212 valence electrons.